The Morgan fingerprint density at radius 2 is 2.05 bits per heavy atom. The van der Waals surface area contributed by atoms with Gasteiger partial charge in [0.1, 0.15) is 5.75 Å². The first kappa shape index (κ1) is 15.0. The molecule has 1 atom stereocenters. The molecule has 2 rings (SSSR count). The zero-order chi connectivity index (χ0) is 15.2. The lowest BCUT2D eigenvalue weighted by Gasteiger charge is -2.14. The van der Waals surface area contributed by atoms with Gasteiger partial charge in [-0.15, -0.1) is 0 Å². The van der Waals surface area contributed by atoms with Crippen molar-refractivity contribution in [2.75, 3.05) is 0 Å². The summed E-state index contributed by atoms with van der Waals surface area (Å²) >= 11 is 0. The molecular weight excluding hydrogens is 271 g/mol. The lowest BCUT2D eigenvalue weighted by atomic mass is 10.1. The number of aromatic hydroxyl groups is 1. The summed E-state index contributed by atoms with van der Waals surface area (Å²) in [5, 5.41) is 12.0. The minimum absolute atomic E-state index is 0.00137. The number of carbonyl (C=O) groups excluding carboxylic acids is 1. The van der Waals surface area contributed by atoms with Crippen LogP contribution in [0, 0.1) is 5.82 Å². The van der Waals surface area contributed by atoms with Crippen molar-refractivity contribution in [1.29, 1.82) is 0 Å². The van der Waals surface area contributed by atoms with E-state index in [2.05, 4.69) is 10.3 Å². The number of amides is 1. The van der Waals surface area contributed by atoms with E-state index in [1.807, 2.05) is 19.1 Å². The molecule has 2 aromatic rings. The van der Waals surface area contributed by atoms with Crippen LogP contribution in [0.25, 0.3) is 0 Å². The van der Waals surface area contributed by atoms with Crippen LogP contribution < -0.4 is 5.32 Å². The highest BCUT2D eigenvalue weighted by atomic mass is 19.1. The van der Waals surface area contributed by atoms with Crippen LogP contribution in [-0.4, -0.2) is 22.0 Å². The van der Waals surface area contributed by atoms with Crippen molar-refractivity contribution < 1.29 is 14.3 Å². The SMILES string of the molecule is C[C@@H](CCc1ccc(O)cc1)NC(=O)c1ccncc1F. The first-order valence-corrected chi connectivity index (χ1v) is 6.74. The van der Waals surface area contributed by atoms with Crippen molar-refractivity contribution >= 4 is 5.91 Å². The summed E-state index contributed by atoms with van der Waals surface area (Å²) in [4.78, 5) is 15.5. The predicted octanol–water partition coefficient (Wildman–Crippen LogP) is 2.68. The second kappa shape index (κ2) is 6.83. The highest BCUT2D eigenvalue weighted by Gasteiger charge is 2.13. The maximum Gasteiger partial charge on any atom is 0.254 e. The summed E-state index contributed by atoms with van der Waals surface area (Å²) in [5.74, 6) is -0.831. The minimum Gasteiger partial charge on any atom is -0.508 e. The third-order valence-corrected chi connectivity index (χ3v) is 3.20. The number of hydrogen-bond acceptors (Lipinski definition) is 3. The Hall–Kier alpha value is -2.43. The molecule has 1 heterocycles. The molecule has 110 valence electrons. The van der Waals surface area contributed by atoms with Gasteiger partial charge in [0.2, 0.25) is 0 Å². The standard InChI is InChI=1S/C16H17FN2O2/c1-11(2-3-12-4-6-13(20)7-5-12)19-16(21)14-8-9-18-10-15(14)17/h4-11,20H,2-3H2,1H3,(H,19,21)/t11-/m0/s1. The van der Waals surface area contributed by atoms with Gasteiger partial charge in [-0.05, 0) is 43.5 Å². The number of phenolic OH excluding ortho intramolecular Hbond substituents is 1. The topological polar surface area (TPSA) is 62.2 Å². The summed E-state index contributed by atoms with van der Waals surface area (Å²) in [6, 6.07) is 8.21. The maximum atomic E-state index is 13.4. The Morgan fingerprint density at radius 3 is 2.71 bits per heavy atom. The van der Waals surface area contributed by atoms with Gasteiger partial charge in [-0.1, -0.05) is 12.1 Å². The summed E-state index contributed by atoms with van der Waals surface area (Å²) in [5.41, 5.74) is 1.07. The Bertz CT molecular complexity index is 614. The molecule has 0 bridgehead atoms. The van der Waals surface area contributed by atoms with Gasteiger partial charge < -0.3 is 10.4 Å². The average molecular weight is 288 g/mol. The van der Waals surface area contributed by atoms with E-state index in [9.17, 15) is 14.3 Å². The lowest BCUT2D eigenvalue weighted by Crippen LogP contribution is -2.33. The van der Waals surface area contributed by atoms with Crippen molar-refractivity contribution in [2.45, 2.75) is 25.8 Å². The smallest absolute Gasteiger partial charge is 0.254 e. The number of aromatic nitrogens is 1. The summed E-state index contributed by atoms with van der Waals surface area (Å²) in [6.07, 6.45) is 3.90. The number of benzene rings is 1. The number of aryl methyl sites for hydroxylation is 1. The first-order chi connectivity index (χ1) is 10.1. The number of carbonyl (C=O) groups is 1. The third-order valence-electron chi connectivity index (χ3n) is 3.20. The van der Waals surface area contributed by atoms with E-state index in [1.54, 1.807) is 12.1 Å². The molecule has 4 nitrogen and oxygen atoms in total. The van der Waals surface area contributed by atoms with Gasteiger partial charge in [0.25, 0.3) is 5.91 Å². The normalized spacial score (nSPS) is 11.9. The average Bonchev–Trinajstić information content (AvgIpc) is 2.47. The molecule has 1 aromatic carbocycles. The molecule has 2 N–H and O–H groups in total. The van der Waals surface area contributed by atoms with Crippen LogP contribution in [0.4, 0.5) is 4.39 Å². The van der Waals surface area contributed by atoms with Crippen molar-refractivity contribution in [3.8, 4) is 5.75 Å². The Labute approximate surface area is 122 Å². The van der Waals surface area contributed by atoms with Gasteiger partial charge >= 0.3 is 0 Å². The van der Waals surface area contributed by atoms with E-state index >= 15 is 0 Å². The van der Waals surface area contributed by atoms with Crippen LogP contribution in [0.15, 0.2) is 42.7 Å². The lowest BCUT2D eigenvalue weighted by molar-refractivity contribution is 0.0934. The van der Waals surface area contributed by atoms with E-state index in [0.29, 0.717) is 0 Å². The Kier molecular flexibility index (Phi) is 4.87. The van der Waals surface area contributed by atoms with E-state index in [0.717, 1.165) is 24.6 Å². The predicted molar refractivity (Wildman–Crippen MR) is 77.6 cm³/mol. The van der Waals surface area contributed by atoms with Gasteiger partial charge in [-0.2, -0.15) is 0 Å². The molecule has 0 saturated heterocycles. The second-order valence-electron chi connectivity index (χ2n) is 4.94. The molecule has 0 radical (unpaired) electrons. The minimum atomic E-state index is -0.624. The maximum absolute atomic E-state index is 13.4. The monoisotopic (exact) mass is 288 g/mol. The summed E-state index contributed by atoms with van der Waals surface area (Å²) < 4.78 is 13.4. The van der Waals surface area contributed by atoms with Crippen LogP contribution in [-0.2, 0) is 6.42 Å². The zero-order valence-corrected chi connectivity index (χ0v) is 11.7. The molecule has 5 heteroatoms. The van der Waals surface area contributed by atoms with E-state index in [-0.39, 0.29) is 17.4 Å². The third kappa shape index (κ3) is 4.27. The highest BCUT2D eigenvalue weighted by Crippen LogP contribution is 2.12. The van der Waals surface area contributed by atoms with Gasteiger partial charge in [0.05, 0.1) is 11.8 Å². The summed E-state index contributed by atoms with van der Waals surface area (Å²) in [6.45, 7) is 1.87. The van der Waals surface area contributed by atoms with Crippen LogP contribution in [0.1, 0.15) is 29.3 Å². The van der Waals surface area contributed by atoms with Gasteiger partial charge in [0.15, 0.2) is 5.82 Å². The van der Waals surface area contributed by atoms with Crippen LogP contribution in [0.5, 0.6) is 5.75 Å². The number of nitrogens with one attached hydrogen (secondary N) is 1. The van der Waals surface area contributed by atoms with Gasteiger partial charge in [-0.25, -0.2) is 4.39 Å². The fraction of sp³-hybridized carbons (Fsp3) is 0.250. The molecular formula is C16H17FN2O2. The number of rotatable bonds is 5. The van der Waals surface area contributed by atoms with E-state index < -0.39 is 11.7 Å². The molecule has 0 fully saturated rings. The number of nitrogens with zero attached hydrogens (tertiary/aromatic N) is 1. The Balaban J connectivity index is 1.87. The molecule has 21 heavy (non-hydrogen) atoms. The van der Waals surface area contributed by atoms with E-state index in [4.69, 9.17) is 0 Å². The van der Waals surface area contributed by atoms with Crippen LogP contribution >= 0.6 is 0 Å². The number of pyridine rings is 1. The zero-order valence-electron chi connectivity index (χ0n) is 11.7. The molecule has 0 aliphatic heterocycles. The van der Waals surface area contributed by atoms with E-state index in [1.165, 1.54) is 12.3 Å². The van der Waals surface area contributed by atoms with Crippen LogP contribution in [0.3, 0.4) is 0 Å². The van der Waals surface area contributed by atoms with Crippen molar-refractivity contribution in [2.24, 2.45) is 0 Å². The Morgan fingerprint density at radius 1 is 1.33 bits per heavy atom. The second-order valence-corrected chi connectivity index (χ2v) is 4.94. The molecule has 0 aliphatic carbocycles. The largest absolute Gasteiger partial charge is 0.508 e. The molecule has 1 amide bonds. The molecule has 1 aromatic heterocycles. The van der Waals surface area contributed by atoms with Gasteiger partial charge in [0, 0.05) is 12.2 Å². The van der Waals surface area contributed by atoms with Gasteiger partial charge in [-0.3, -0.25) is 9.78 Å². The summed E-state index contributed by atoms with van der Waals surface area (Å²) in [7, 11) is 0. The fourth-order valence-corrected chi connectivity index (χ4v) is 1.98. The van der Waals surface area contributed by atoms with Crippen molar-refractivity contribution in [3.05, 3.63) is 59.7 Å². The molecule has 0 spiro atoms. The first-order valence-electron chi connectivity index (χ1n) is 6.74. The number of phenols is 1. The van der Waals surface area contributed by atoms with Crippen molar-refractivity contribution in [3.63, 3.8) is 0 Å². The van der Waals surface area contributed by atoms with Crippen molar-refractivity contribution in [1.82, 2.24) is 10.3 Å². The highest BCUT2D eigenvalue weighted by molar-refractivity contribution is 5.94. The molecule has 0 saturated carbocycles. The number of hydrogen-bond donors (Lipinski definition) is 2. The fourth-order valence-electron chi connectivity index (χ4n) is 1.98. The molecule has 0 unspecified atom stereocenters. The molecule has 0 aliphatic rings. The number of halogens is 1. The quantitative estimate of drug-likeness (QED) is 0.889. The van der Waals surface area contributed by atoms with Crippen LogP contribution in [0.2, 0.25) is 0 Å².